The van der Waals surface area contributed by atoms with Crippen LogP contribution in [0.4, 0.5) is 13.2 Å². The van der Waals surface area contributed by atoms with Crippen LogP contribution in [0.3, 0.4) is 0 Å². The summed E-state index contributed by atoms with van der Waals surface area (Å²) >= 11 is 0. The molecule has 0 aromatic carbocycles. The Hall–Kier alpha value is -2.20. The molecule has 2 aromatic rings. The number of hydrogen-bond donors (Lipinski definition) is 1. The summed E-state index contributed by atoms with van der Waals surface area (Å²) in [6.45, 7) is 0. The normalized spacial score (nSPS) is 21.0. The standard InChI is InChI=1S/C17H18F3N3O3S/c18-17(19,20)12-3-8-16(22-10-12)26-14-6-4-13(5-7-14)23-27(24,25)15-2-1-9-21-11-15/h1-3,8-11,13-14,23H,4-7H2. The largest absolute Gasteiger partial charge is 0.474 e. The number of alkyl halides is 3. The molecule has 0 bridgehead atoms. The summed E-state index contributed by atoms with van der Waals surface area (Å²) in [5.74, 6) is 0.127. The van der Waals surface area contributed by atoms with Crippen molar-refractivity contribution < 1.29 is 26.3 Å². The fraction of sp³-hybridized carbons (Fsp3) is 0.412. The molecule has 1 aliphatic rings. The number of nitrogens with zero attached hydrogens (tertiary/aromatic N) is 2. The fourth-order valence-corrected chi connectivity index (χ4v) is 4.15. The predicted molar refractivity (Wildman–Crippen MR) is 90.5 cm³/mol. The second kappa shape index (κ2) is 7.81. The maximum absolute atomic E-state index is 12.5. The van der Waals surface area contributed by atoms with Crippen LogP contribution < -0.4 is 9.46 Å². The predicted octanol–water partition coefficient (Wildman–Crippen LogP) is 3.16. The van der Waals surface area contributed by atoms with Crippen molar-refractivity contribution in [3.63, 3.8) is 0 Å². The Bertz CT molecular complexity index is 850. The highest BCUT2D eigenvalue weighted by atomic mass is 32.2. The van der Waals surface area contributed by atoms with Crippen molar-refractivity contribution in [1.82, 2.24) is 14.7 Å². The van der Waals surface area contributed by atoms with Gasteiger partial charge in [-0.1, -0.05) is 0 Å². The number of sulfonamides is 1. The third-order valence-corrected chi connectivity index (χ3v) is 5.80. The van der Waals surface area contributed by atoms with Crippen LogP contribution in [0.2, 0.25) is 0 Å². The Morgan fingerprint density at radius 1 is 1.07 bits per heavy atom. The number of ether oxygens (including phenoxy) is 1. The van der Waals surface area contributed by atoms with Crippen molar-refractivity contribution >= 4 is 10.0 Å². The van der Waals surface area contributed by atoms with E-state index in [2.05, 4.69) is 14.7 Å². The van der Waals surface area contributed by atoms with Crippen LogP contribution >= 0.6 is 0 Å². The van der Waals surface area contributed by atoms with Crippen LogP contribution in [0.1, 0.15) is 31.2 Å². The average Bonchev–Trinajstić information content (AvgIpc) is 2.64. The Morgan fingerprint density at radius 2 is 1.81 bits per heavy atom. The lowest BCUT2D eigenvalue weighted by Crippen LogP contribution is -2.39. The van der Waals surface area contributed by atoms with E-state index >= 15 is 0 Å². The van der Waals surface area contributed by atoms with Gasteiger partial charge in [0.15, 0.2) is 0 Å². The first-order valence-electron chi connectivity index (χ1n) is 8.36. The summed E-state index contributed by atoms with van der Waals surface area (Å²) in [5, 5.41) is 0. The molecule has 0 amide bonds. The Balaban J connectivity index is 1.52. The minimum absolute atomic E-state index is 0.109. The molecule has 0 aliphatic heterocycles. The van der Waals surface area contributed by atoms with Gasteiger partial charge in [-0.2, -0.15) is 13.2 Å². The van der Waals surface area contributed by atoms with Crippen LogP contribution in [0.15, 0.2) is 47.8 Å². The van der Waals surface area contributed by atoms with Crippen molar-refractivity contribution in [3.05, 3.63) is 48.4 Å². The SMILES string of the molecule is O=S(=O)(NC1CCC(Oc2ccc(C(F)(F)F)cn2)CC1)c1cccnc1. The minimum atomic E-state index is -4.44. The van der Waals surface area contributed by atoms with E-state index in [1.807, 2.05) is 0 Å². The van der Waals surface area contributed by atoms with E-state index in [9.17, 15) is 21.6 Å². The van der Waals surface area contributed by atoms with E-state index in [-0.39, 0.29) is 22.9 Å². The average molecular weight is 401 g/mol. The molecule has 10 heteroatoms. The molecule has 2 heterocycles. The van der Waals surface area contributed by atoms with Gasteiger partial charge in [-0.25, -0.2) is 18.1 Å². The number of pyridine rings is 2. The zero-order chi connectivity index (χ0) is 19.5. The van der Waals surface area contributed by atoms with Crippen LogP contribution in [0, 0.1) is 0 Å². The molecule has 3 rings (SSSR count). The molecule has 146 valence electrons. The smallest absolute Gasteiger partial charge is 0.417 e. The Kier molecular flexibility index (Phi) is 5.66. The van der Waals surface area contributed by atoms with Crippen LogP contribution in [0.25, 0.3) is 0 Å². The van der Waals surface area contributed by atoms with Crippen LogP contribution in [-0.2, 0) is 16.2 Å². The van der Waals surface area contributed by atoms with Crippen molar-refractivity contribution in [2.45, 2.75) is 48.9 Å². The van der Waals surface area contributed by atoms with Crippen LogP contribution in [0.5, 0.6) is 5.88 Å². The van der Waals surface area contributed by atoms with Crippen molar-refractivity contribution in [1.29, 1.82) is 0 Å². The highest BCUT2D eigenvalue weighted by Crippen LogP contribution is 2.30. The summed E-state index contributed by atoms with van der Waals surface area (Å²) in [4.78, 5) is 7.61. The minimum Gasteiger partial charge on any atom is -0.474 e. The molecule has 0 unspecified atom stereocenters. The highest BCUT2D eigenvalue weighted by Gasteiger charge is 2.31. The van der Waals surface area contributed by atoms with Gasteiger partial charge in [0.05, 0.1) is 5.56 Å². The molecule has 1 saturated carbocycles. The Morgan fingerprint density at radius 3 is 2.37 bits per heavy atom. The van der Waals surface area contributed by atoms with E-state index in [1.54, 1.807) is 6.07 Å². The zero-order valence-corrected chi connectivity index (χ0v) is 15.0. The summed E-state index contributed by atoms with van der Waals surface area (Å²) in [7, 11) is -3.63. The Labute approximate surface area is 154 Å². The van der Waals surface area contributed by atoms with E-state index in [0.717, 1.165) is 12.3 Å². The van der Waals surface area contributed by atoms with Crippen LogP contribution in [-0.4, -0.2) is 30.5 Å². The molecule has 1 aliphatic carbocycles. The number of rotatable bonds is 5. The number of aromatic nitrogens is 2. The quantitative estimate of drug-likeness (QED) is 0.832. The van der Waals surface area contributed by atoms with Gasteiger partial charge in [0.1, 0.15) is 11.0 Å². The van der Waals surface area contributed by atoms with Gasteiger partial charge in [-0.3, -0.25) is 4.98 Å². The summed E-state index contributed by atoms with van der Waals surface area (Å²) < 4.78 is 70.5. The van der Waals surface area contributed by atoms with Gasteiger partial charge in [0, 0.05) is 30.7 Å². The molecule has 0 atom stereocenters. The number of hydrogen-bond acceptors (Lipinski definition) is 5. The lowest BCUT2D eigenvalue weighted by molar-refractivity contribution is -0.137. The number of halogens is 3. The lowest BCUT2D eigenvalue weighted by atomic mass is 9.94. The molecule has 2 aromatic heterocycles. The van der Waals surface area contributed by atoms with E-state index < -0.39 is 21.8 Å². The molecule has 6 nitrogen and oxygen atoms in total. The molecular weight excluding hydrogens is 383 g/mol. The van der Waals surface area contributed by atoms with E-state index in [4.69, 9.17) is 4.74 Å². The molecule has 0 spiro atoms. The van der Waals surface area contributed by atoms with Crippen molar-refractivity contribution in [3.8, 4) is 5.88 Å². The molecule has 27 heavy (non-hydrogen) atoms. The molecular formula is C17H18F3N3O3S. The molecule has 1 fully saturated rings. The second-order valence-electron chi connectivity index (χ2n) is 6.28. The summed E-state index contributed by atoms with van der Waals surface area (Å²) in [6, 6.07) is 4.92. The fourth-order valence-electron chi connectivity index (χ4n) is 2.88. The van der Waals surface area contributed by atoms with Gasteiger partial charge in [0.2, 0.25) is 15.9 Å². The maximum Gasteiger partial charge on any atom is 0.417 e. The van der Waals surface area contributed by atoms with Gasteiger partial charge < -0.3 is 4.74 Å². The summed E-state index contributed by atoms with van der Waals surface area (Å²) in [5.41, 5.74) is -0.830. The van der Waals surface area contributed by atoms with Gasteiger partial charge in [-0.05, 0) is 43.9 Å². The second-order valence-corrected chi connectivity index (χ2v) is 8.00. The zero-order valence-electron chi connectivity index (χ0n) is 14.2. The van der Waals surface area contributed by atoms with Gasteiger partial charge in [0.25, 0.3) is 0 Å². The first-order valence-corrected chi connectivity index (χ1v) is 9.84. The topological polar surface area (TPSA) is 81.2 Å². The van der Waals surface area contributed by atoms with E-state index in [0.29, 0.717) is 25.7 Å². The molecule has 0 saturated heterocycles. The maximum atomic E-state index is 12.5. The van der Waals surface area contributed by atoms with Crippen molar-refractivity contribution in [2.24, 2.45) is 0 Å². The summed E-state index contributed by atoms with van der Waals surface area (Å²) in [6.07, 6.45) is 1.14. The highest BCUT2D eigenvalue weighted by molar-refractivity contribution is 7.89. The third-order valence-electron chi connectivity index (χ3n) is 4.29. The van der Waals surface area contributed by atoms with E-state index in [1.165, 1.54) is 24.5 Å². The lowest BCUT2D eigenvalue weighted by Gasteiger charge is -2.29. The van der Waals surface area contributed by atoms with Crippen molar-refractivity contribution in [2.75, 3.05) is 0 Å². The number of nitrogens with one attached hydrogen (secondary N) is 1. The first-order chi connectivity index (χ1) is 12.7. The molecule has 1 N–H and O–H groups in total. The third kappa shape index (κ3) is 5.16. The monoisotopic (exact) mass is 401 g/mol. The molecule has 0 radical (unpaired) electrons. The first kappa shape index (κ1) is 19.6. The van der Waals surface area contributed by atoms with Gasteiger partial charge in [-0.15, -0.1) is 0 Å². The van der Waals surface area contributed by atoms with Gasteiger partial charge >= 0.3 is 6.18 Å².